The van der Waals surface area contributed by atoms with Gasteiger partial charge in [-0.1, -0.05) is 273 Å². The Labute approximate surface area is 502 Å². The van der Waals surface area contributed by atoms with Crippen molar-refractivity contribution in [2.45, 2.75) is 36.5 Å². The first-order valence-corrected chi connectivity index (χ1v) is 30.5. The molecule has 1 atom stereocenters. The number of anilines is 3. The highest BCUT2D eigenvalue weighted by Gasteiger charge is 2.49. The lowest BCUT2D eigenvalue weighted by Gasteiger charge is -2.38. The highest BCUT2D eigenvalue weighted by Crippen LogP contribution is 2.61. The van der Waals surface area contributed by atoms with Crippen LogP contribution >= 0.6 is 0 Å². The van der Waals surface area contributed by atoms with Gasteiger partial charge in [0.1, 0.15) is 0 Å². The van der Waals surface area contributed by atoms with Crippen molar-refractivity contribution in [2.24, 2.45) is 0 Å². The minimum Gasteiger partial charge on any atom is -0.309 e. The quantitative estimate of drug-likeness (QED) is 0.132. The standard InChI is InChI=1S/C84H60N2/c1-5-28-59(29-6-1)83(60-30-7-2-8-31-60)76-44-22-18-40-69(76)74-55-63(50-53-77(74)83)86-81-46-24-20-42-72(81)73-51-48-58(54-82(73)86)65-36-15-16-38-67(65)71-41-19-23-45-80(71)85(79-47-25-27-57-26-13-14-37-66(57)79)64-49-52-70-68-39-17-21-43-75(68)84(78(70)56-64,61-32-9-3-10-33-61)62-34-11-4-12-35-62/h1-11,13-16,18-34,36-38,40-56H,12,17,35,39H2. The second-order valence-electron chi connectivity index (χ2n) is 23.6. The summed E-state index contributed by atoms with van der Waals surface area (Å²) in [5.41, 5.74) is 26.7. The molecule has 0 saturated heterocycles. The molecule has 0 N–H and O–H groups in total. The number of aromatic nitrogens is 1. The van der Waals surface area contributed by atoms with E-state index in [1.807, 2.05) is 0 Å². The van der Waals surface area contributed by atoms with Gasteiger partial charge in [-0.2, -0.15) is 0 Å². The molecule has 0 amide bonds. The number of hydrogen-bond donors (Lipinski definition) is 0. The Morgan fingerprint density at radius 3 is 1.76 bits per heavy atom. The molecule has 406 valence electrons. The summed E-state index contributed by atoms with van der Waals surface area (Å²) in [6.45, 7) is 0. The van der Waals surface area contributed by atoms with E-state index in [0.29, 0.717) is 0 Å². The first kappa shape index (κ1) is 50.0. The molecule has 13 aromatic rings. The Kier molecular flexibility index (Phi) is 11.7. The molecule has 1 heterocycles. The topological polar surface area (TPSA) is 8.17 Å². The van der Waals surface area contributed by atoms with Crippen molar-refractivity contribution >= 4 is 55.2 Å². The molecule has 4 aliphatic carbocycles. The summed E-state index contributed by atoms with van der Waals surface area (Å²) in [4.78, 5) is 2.56. The van der Waals surface area contributed by atoms with E-state index in [-0.39, 0.29) is 0 Å². The van der Waals surface area contributed by atoms with Crippen LogP contribution in [0.5, 0.6) is 0 Å². The predicted molar refractivity (Wildman–Crippen MR) is 360 cm³/mol. The maximum Gasteiger partial charge on any atom is 0.0713 e. The van der Waals surface area contributed by atoms with Crippen LogP contribution in [0.2, 0.25) is 0 Å². The minimum absolute atomic E-state index is 0.430. The fourth-order valence-corrected chi connectivity index (χ4v) is 15.8. The highest BCUT2D eigenvalue weighted by molar-refractivity contribution is 6.11. The van der Waals surface area contributed by atoms with Crippen LogP contribution in [0.4, 0.5) is 17.1 Å². The molecule has 12 aromatic carbocycles. The van der Waals surface area contributed by atoms with Gasteiger partial charge < -0.3 is 9.47 Å². The summed E-state index contributed by atoms with van der Waals surface area (Å²) in [5, 5.41) is 4.86. The van der Waals surface area contributed by atoms with Crippen molar-refractivity contribution < 1.29 is 0 Å². The van der Waals surface area contributed by atoms with Gasteiger partial charge in [0.05, 0.1) is 33.2 Å². The van der Waals surface area contributed by atoms with Crippen LogP contribution in [0.25, 0.3) is 77.2 Å². The first-order chi connectivity index (χ1) is 42.7. The number of hydrogen-bond acceptors (Lipinski definition) is 1. The fraction of sp³-hybridized carbons (Fsp3) is 0.0714. The van der Waals surface area contributed by atoms with Crippen LogP contribution in [0.1, 0.15) is 64.6 Å². The van der Waals surface area contributed by atoms with E-state index in [0.717, 1.165) is 59.6 Å². The molecule has 4 aliphatic rings. The second-order valence-corrected chi connectivity index (χ2v) is 23.6. The van der Waals surface area contributed by atoms with Gasteiger partial charge in [-0.15, -0.1) is 0 Å². The van der Waals surface area contributed by atoms with Crippen molar-refractivity contribution in [1.82, 2.24) is 4.57 Å². The Bertz CT molecular complexity index is 4950. The SMILES string of the molecule is C1=CCCC(C2(c3ccccc3)C3=C(CCC=C3)c3ccc(N(c4ccccc4-c4ccccc4-c4ccc5c6ccccc6n(-c6ccc7c(c6)-c6ccccc6C7(c6ccccc6)c6ccccc6)c5c4)c4cccc5ccccc45)cc32)=C1. The van der Waals surface area contributed by atoms with E-state index in [1.54, 1.807) is 0 Å². The number of fused-ring (bicyclic) bond motifs is 9. The average molecular weight is 1100 g/mol. The summed E-state index contributed by atoms with van der Waals surface area (Å²) in [6.07, 6.45) is 16.0. The first-order valence-electron chi connectivity index (χ1n) is 30.5. The van der Waals surface area contributed by atoms with Gasteiger partial charge >= 0.3 is 0 Å². The molecule has 17 rings (SSSR count). The molecular weight excluding hydrogens is 1040 g/mol. The van der Waals surface area contributed by atoms with E-state index in [1.165, 1.54) is 110 Å². The highest BCUT2D eigenvalue weighted by atomic mass is 15.1. The molecule has 1 aromatic heterocycles. The van der Waals surface area contributed by atoms with Crippen LogP contribution in [0.3, 0.4) is 0 Å². The van der Waals surface area contributed by atoms with Gasteiger partial charge in [0.15, 0.2) is 0 Å². The zero-order chi connectivity index (χ0) is 56.8. The maximum absolute atomic E-state index is 2.56. The third-order valence-electron chi connectivity index (χ3n) is 19.3. The van der Waals surface area contributed by atoms with Crippen LogP contribution < -0.4 is 4.90 Å². The largest absolute Gasteiger partial charge is 0.309 e. The molecule has 2 heteroatoms. The number of para-hydroxylation sites is 2. The molecule has 0 fully saturated rings. The van der Waals surface area contributed by atoms with Crippen molar-refractivity contribution in [2.75, 3.05) is 4.90 Å². The lowest BCUT2D eigenvalue weighted by molar-refractivity contribution is 0.685. The molecule has 0 spiro atoms. The number of rotatable bonds is 10. The third kappa shape index (κ3) is 7.39. The normalized spacial score (nSPS) is 16.3. The summed E-state index contributed by atoms with van der Waals surface area (Å²) in [6, 6.07) is 107. The summed E-state index contributed by atoms with van der Waals surface area (Å²) < 4.78 is 2.51. The van der Waals surface area contributed by atoms with Crippen LogP contribution in [0.15, 0.2) is 327 Å². The monoisotopic (exact) mass is 1100 g/mol. The van der Waals surface area contributed by atoms with E-state index in [4.69, 9.17) is 0 Å². The number of nitrogens with zero attached hydrogens (tertiary/aromatic N) is 2. The van der Waals surface area contributed by atoms with Gasteiger partial charge in [0.25, 0.3) is 0 Å². The van der Waals surface area contributed by atoms with Crippen molar-refractivity contribution in [1.29, 1.82) is 0 Å². The van der Waals surface area contributed by atoms with Gasteiger partial charge in [-0.25, -0.2) is 0 Å². The smallest absolute Gasteiger partial charge is 0.0713 e. The van der Waals surface area contributed by atoms with Crippen molar-refractivity contribution in [3.05, 3.63) is 366 Å². The van der Waals surface area contributed by atoms with E-state index >= 15 is 0 Å². The Balaban J connectivity index is 0.853. The van der Waals surface area contributed by atoms with Gasteiger partial charge in [0.2, 0.25) is 0 Å². The molecule has 2 nitrogen and oxygen atoms in total. The molecular formula is C84H60N2. The summed E-state index contributed by atoms with van der Waals surface area (Å²) in [7, 11) is 0. The zero-order valence-electron chi connectivity index (χ0n) is 47.7. The Morgan fingerprint density at radius 1 is 0.360 bits per heavy atom. The van der Waals surface area contributed by atoms with E-state index in [2.05, 4.69) is 325 Å². The van der Waals surface area contributed by atoms with Crippen molar-refractivity contribution in [3.63, 3.8) is 0 Å². The van der Waals surface area contributed by atoms with Gasteiger partial charge in [0, 0.05) is 33.1 Å². The molecule has 0 aliphatic heterocycles. The molecule has 1 unspecified atom stereocenters. The lowest BCUT2D eigenvalue weighted by Crippen LogP contribution is -2.31. The number of allylic oxidation sites excluding steroid dienone is 8. The van der Waals surface area contributed by atoms with Crippen LogP contribution in [-0.2, 0) is 10.8 Å². The predicted octanol–water partition coefficient (Wildman–Crippen LogP) is 21.8. The molecule has 86 heavy (non-hydrogen) atoms. The maximum atomic E-state index is 2.56. The van der Waals surface area contributed by atoms with Gasteiger partial charge in [-0.05, 0) is 158 Å². The van der Waals surface area contributed by atoms with E-state index < -0.39 is 10.8 Å². The van der Waals surface area contributed by atoms with Crippen LogP contribution in [0, 0.1) is 0 Å². The average Bonchev–Trinajstić information content (AvgIpc) is 1.60. The van der Waals surface area contributed by atoms with Crippen molar-refractivity contribution in [3.8, 4) is 39.1 Å². The Morgan fingerprint density at radius 2 is 0.977 bits per heavy atom. The lowest BCUT2D eigenvalue weighted by atomic mass is 9.64. The third-order valence-corrected chi connectivity index (χ3v) is 19.3. The molecule has 0 radical (unpaired) electrons. The second kappa shape index (κ2) is 20.1. The summed E-state index contributed by atoms with van der Waals surface area (Å²) in [5.74, 6) is 0. The molecule has 0 saturated carbocycles. The van der Waals surface area contributed by atoms with Crippen LogP contribution in [-0.4, -0.2) is 4.57 Å². The number of benzene rings is 12. The Hall–Kier alpha value is -10.5. The molecule has 0 bridgehead atoms. The van der Waals surface area contributed by atoms with Gasteiger partial charge in [-0.3, -0.25) is 0 Å². The zero-order valence-corrected chi connectivity index (χ0v) is 47.7. The fourth-order valence-electron chi connectivity index (χ4n) is 15.8. The minimum atomic E-state index is -0.476. The van der Waals surface area contributed by atoms with E-state index in [9.17, 15) is 0 Å². The summed E-state index contributed by atoms with van der Waals surface area (Å²) >= 11 is 0.